The van der Waals surface area contributed by atoms with Gasteiger partial charge in [-0.2, -0.15) is 0 Å². The minimum Gasteiger partial charge on any atom is -0.368 e. The minimum atomic E-state index is -0.504. The molecule has 0 aromatic carbocycles. The molecule has 1 aliphatic heterocycles. The van der Waals surface area contributed by atoms with Crippen LogP contribution in [0.1, 0.15) is 39.0 Å². The highest BCUT2D eigenvalue weighted by Gasteiger charge is 2.10. The lowest BCUT2D eigenvalue weighted by atomic mass is 10.0. The van der Waals surface area contributed by atoms with Gasteiger partial charge in [-0.15, -0.1) is 0 Å². The number of aliphatic hydroxyl groups is 1. The SMILES string of the molecule is CC1CCCCCC(O)OC1. The summed E-state index contributed by atoms with van der Waals surface area (Å²) in [5, 5.41) is 9.23. The van der Waals surface area contributed by atoms with Gasteiger partial charge in [-0.1, -0.05) is 19.8 Å². The number of aliphatic hydroxyl groups excluding tert-OH is 1. The summed E-state index contributed by atoms with van der Waals surface area (Å²) >= 11 is 0. The predicted molar refractivity (Wildman–Crippen MR) is 44.2 cm³/mol. The van der Waals surface area contributed by atoms with Crippen LogP contribution in [0.15, 0.2) is 0 Å². The van der Waals surface area contributed by atoms with Gasteiger partial charge in [0.1, 0.15) is 0 Å². The van der Waals surface area contributed by atoms with Gasteiger partial charge in [0.15, 0.2) is 6.29 Å². The van der Waals surface area contributed by atoms with E-state index >= 15 is 0 Å². The Labute approximate surface area is 68.6 Å². The molecule has 1 fully saturated rings. The van der Waals surface area contributed by atoms with Crippen LogP contribution < -0.4 is 0 Å². The molecule has 0 aromatic rings. The van der Waals surface area contributed by atoms with Crippen molar-refractivity contribution in [1.29, 1.82) is 0 Å². The minimum absolute atomic E-state index is 0.504. The van der Waals surface area contributed by atoms with Crippen LogP contribution in [0.4, 0.5) is 0 Å². The van der Waals surface area contributed by atoms with Crippen LogP contribution in [-0.2, 0) is 4.74 Å². The smallest absolute Gasteiger partial charge is 0.154 e. The summed E-state index contributed by atoms with van der Waals surface area (Å²) in [6.07, 6.45) is 5.19. The van der Waals surface area contributed by atoms with E-state index in [0.29, 0.717) is 5.92 Å². The molecule has 1 N–H and O–H groups in total. The van der Waals surface area contributed by atoms with E-state index in [1.54, 1.807) is 0 Å². The Morgan fingerprint density at radius 1 is 1.18 bits per heavy atom. The van der Waals surface area contributed by atoms with Gasteiger partial charge in [0, 0.05) is 0 Å². The van der Waals surface area contributed by atoms with Gasteiger partial charge in [0.05, 0.1) is 6.61 Å². The monoisotopic (exact) mass is 158 g/mol. The molecule has 0 bridgehead atoms. The average Bonchev–Trinajstić information content (AvgIpc) is 2.06. The molecule has 0 spiro atoms. The summed E-state index contributed by atoms with van der Waals surface area (Å²) in [5.41, 5.74) is 0. The van der Waals surface area contributed by atoms with Crippen molar-refractivity contribution in [2.24, 2.45) is 5.92 Å². The maximum atomic E-state index is 9.23. The second-order valence-electron chi connectivity index (χ2n) is 3.53. The molecule has 11 heavy (non-hydrogen) atoms. The van der Waals surface area contributed by atoms with Crippen molar-refractivity contribution < 1.29 is 9.84 Å². The first-order valence-electron chi connectivity index (χ1n) is 4.58. The van der Waals surface area contributed by atoms with Gasteiger partial charge < -0.3 is 9.84 Å². The van der Waals surface area contributed by atoms with E-state index < -0.39 is 6.29 Å². The third kappa shape index (κ3) is 3.73. The van der Waals surface area contributed by atoms with Crippen molar-refractivity contribution in [2.75, 3.05) is 6.61 Å². The number of ether oxygens (including phenoxy) is 1. The Kier molecular flexibility index (Phi) is 3.87. The second kappa shape index (κ2) is 4.73. The Morgan fingerprint density at radius 3 is 2.73 bits per heavy atom. The van der Waals surface area contributed by atoms with Gasteiger partial charge in [-0.05, 0) is 25.2 Å². The lowest BCUT2D eigenvalue weighted by Gasteiger charge is -2.12. The van der Waals surface area contributed by atoms with E-state index in [9.17, 15) is 5.11 Å². The fourth-order valence-corrected chi connectivity index (χ4v) is 1.43. The molecular weight excluding hydrogens is 140 g/mol. The first-order chi connectivity index (χ1) is 5.29. The molecule has 2 unspecified atom stereocenters. The highest BCUT2D eigenvalue weighted by atomic mass is 16.6. The molecule has 1 saturated heterocycles. The molecule has 0 amide bonds. The van der Waals surface area contributed by atoms with Crippen LogP contribution in [0.5, 0.6) is 0 Å². The molecule has 1 rings (SSSR count). The number of hydrogen-bond acceptors (Lipinski definition) is 2. The van der Waals surface area contributed by atoms with E-state index in [1.807, 2.05) is 0 Å². The molecule has 0 radical (unpaired) electrons. The summed E-state index contributed by atoms with van der Waals surface area (Å²) in [7, 11) is 0. The third-order valence-corrected chi connectivity index (χ3v) is 2.22. The molecule has 1 aliphatic rings. The maximum Gasteiger partial charge on any atom is 0.154 e. The summed E-state index contributed by atoms with van der Waals surface area (Å²) in [6.45, 7) is 2.90. The zero-order valence-electron chi connectivity index (χ0n) is 7.25. The maximum absolute atomic E-state index is 9.23. The van der Waals surface area contributed by atoms with Gasteiger partial charge in [0.2, 0.25) is 0 Å². The van der Waals surface area contributed by atoms with Gasteiger partial charge in [0.25, 0.3) is 0 Å². The molecule has 1 heterocycles. The normalized spacial score (nSPS) is 35.5. The summed E-state index contributed by atoms with van der Waals surface area (Å²) in [6, 6.07) is 0. The topological polar surface area (TPSA) is 29.5 Å². The van der Waals surface area contributed by atoms with Crippen molar-refractivity contribution in [3.8, 4) is 0 Å². The Morgan fingerprint density at radius 2 is 1.91 bits per heavy atom. The van der Waals surface area contributed by atoms with E-state index in [4.69, 9.17) is 4.74 Å². The first kappa shape index (κ1) is 9.01. The lowest BCUT2D eigenvalue weighted by Crippen LogP contribution is -2.15. The number of rotatable bonds is 0. The summed E-state index contributed by atoms with van der Waals surface area (Å²) in [5.74, 6) is 0.614. The Balaban J connectivity index is 2.25. The Bertz CT molecular complexity index is 91.7. The Hall–Kier alpha value is -0.0800. The molecule has 2 heteroatoms. The summed E-state index contributed by atoms with van der Waals surface area (Å²) in [4.78, 5) is 0. The fraction of sp³-hybridized carbons (Fsp3) is 1.00. The molecule has 0 aliphatic carbocycles. The van der Waals surface area contributed by atoms with E-state index in [-0.39, 0.29) is 0 Å². The average molecular weight is 158 g/mol. The molecular formula is C9H18O2. The largest absolute Gasteiger partial charge is 0.368 e. The second-order valence-corrected chi connectivity index (χ2v) is 3.53. The van der Waals surface area contributed by atoms with Crippen molar-refractivity contribution in [3.63, 3.8) is 0 Å². The lowest BCUT2D eigenvalue weighted by molar-refractivity contribution is -0.111. The standard InChI is InChI=1S/C9H18O2/c1-8-5-3-2-4-6-9(10)11-7-8/h8-10H,2-7H2,1H3. The van der Waals surface area contributed by atoms with Crippen LogP contribution in [0.25, 0.3) is 0 Å². The van der Waals surface area contributed by atoms with E-state index in [0.717, 1.165) is 19.4 Å². The van der Waals surface area contributed by atoms with Gasteiger partial charge >= 0.3 is 0 Å². The highest BCUT2D eigenvalue weighted by molar-refractivity contribution is 4.56. The van der Waals surface area contributed by atoms with Crippen molar-refractivity contribution in [1.82, 2.24) is 0 Å². The van der Waals surface area contributed by atoms with E-state index in [1.165, 1.54) is 19.3 Å². The van der Waals surface area contributed by atoms with Gasteiger partial charge in [-0.3, -0.25) is 0 Å². The first-order valence-corrected chi connectivity index (χ1v) is 4.58. The van der Waals surface area contributed by atoms with Crippen LogP contribution in [0.2, 0.25) is 0 Å². The molecule has 2 nitrogen and oxygen atoms in total. The third-order valence-electron chi connectivity index (χ3n) is 2.22. The molecule has 66 valence electrons. The zero-order valence-corrected chi connectivity index (χ0v) is 7.25. The van der Waals surface area contributed by atoms with Crippen molar-refractivity contribution in [2.45, 2.75) is 45.3 Å². The van der Waals surface area contributed by atoms with Crippen molar-refractivity contribution in [3.05, 3.63) is 0 Å². The van der Waals surface area contributed by atoms with Crippen LogP contribution in [-0.4, -0.2) is 18.0 Å². The van der Waals surface area contributed by atoms with E-state index in [2.05, 4.69) is 6.92 Å². The fourth-order valence-electron chi connectivity index (χ4n) is 1.43. The van der Waals surface area contributed by atoms with Gasteiger partial charge in [-0.25, -0.2) is 0 Å². The summed E-state index contributed by atoms with van der Waals surface area (Å²) < 4.78 is 5.23. The quantitative estimate of drug-likeness (QED) is 0.583. The van der Waals surface area contributed by atoms with Crippen LogP contribution in [0.3, 0.4) is 0 Å². The van der Waals surface area contributed by atoms with Crippen molar-refractivity contribution >= 4 is 0 Å². The van der Waals surface area contributed by atoms with Crippen LogP contribution >= 0.6 is 0 Å². The zero-order chi connectivity index (χ0) is 8.10. The molecule has 0 aromatic heterocycles. The molecule has 2 atom stereocenters. The van der Waals surface area contributed by atoms with Crippen LogP contribution in [0, 0.1) is 5.92 Å². The number of hydrogen-bond donors (Lipinski definition) is 1. The molecule has 0 saturated carbocycles. The highest BCUT2D eigenvalue weighted by Crippen LogP contribution is 2.15. The predicted octanol–water partition coefficient (Wildman–Crippen LogP) is 1.92.